The Morgan fingerprint density at radius 1 is 1.06 bits per heavy atom. The minimum Gasteiger partial charge on any atom is -0.444 e. The molecule has 0 spiro atoms. The molecule has 9 heteroatoms. The molecule has 8 nitrogen and oxygen atoms in total. The number of amides is 1. The number of carbonyl (C=O) groups is 1. The van der Waals surface area contributed by atoms with Crippen molar-refractivity contribution in [2.75, 3.05) is 59.0 Å². The van der Waals surface area contributed by atoms with Gasteiger partial charge < -0.3 is 25.0 Å². The normalized spacial score (nSPS) is 19.3. The molecule has 1 amide bonds. The molecule has 1 aromatic rings. The van der Waals surface area contributed by atoms with Gasteiger partial charge in [-0.15, -0.1) is 24.0 Å². The van der Waals surface area contributed by atoms with Crippen molar-refractivity contribution < 1.29 is 14.3 Å². The highest BCUT2D eigenvalue weighted by Crippen LogP contribution is 2.23. The monoisotopic (exact) mass is 559 g/mol. The van der Waals surface area contributed by atoms with Crippen LogP contribution in [-0.4, -0.2) is 91.4 Å². The zero-order valence-corrected chi connectivity index (χ0v) is 22.1. The van der Waals surface area contributed by atoms with Crippen molar-refractivity contribution in [3.63, 3.8) is 0 Å². The number of ether oxygens (including phenoxy) is 2. The smallest absolute Gasteiger partial charge is 0.410 e. The first-order chi connectivity index (χ1) is 14.7. The van der Waals surface area contributed by atoms with Gasteiger partial charge in [0.1, 0.15) is 5.60 Å². The number of benzene rings is 1. The van der Waals surface area contributed by atoms with Crippen LogP contribution in [0.15, 0.2) is 29.3 Å². The van der Waals surface area contributed by atoms with E-state index in [0.29, 0.717) is 38.7 Å². The van der Waals surface area contributed by atoms with Gasteiger partial charge in [-0.25, -0.2) is 4.79 Å². The summed E-state index contributed by atoms with van der Waals surface area (Å²) in [5.74, 6) is 0.536. The number of piperazine rings is 1. The lowest BCUT2D eigenvalue weighted by Gasteiger charge is -2.37. The molecule has 1 atom stereocenters. The van der Waals surface area contributed by atoms with Gasteiger partial charge in [-0.05, 0) is 33.3 Å². The zero-order chi connectivity index (χ0) is 22.4. The molecule has 2 aliphatic heterocycles. The number of aryl methyl sites for hydroxylation is 1. The van der Waals surface area contributed by atoms with Crippen LogP contribution in [-0.2, 0) is 9.47 Å². The lowest BCUT2D eigenvalue weighted by atomic mass is 10.0. The summed E-state index contributed by atoms with van der Waals surface area (Å²) in [4.78, 5) is 23.2. The molecule has 180 valence electrons. The van der Waals surface area contributed by atoms with Crippen LogP contribution in [0.1, 0.15) is 37.9 Å². The summed E-state index contributed by atoms with van der Waals surface area (Å²) in [5, 5.41) is 0. The van der Waals surface area contributed by atoms with Gasteiger partial charge in [-0.3, -0.25) is 9.89 Å². The number of nitrogens with two attached hydrogens (primary N) is 1. The molecule has 2 fully saturated rings. The van der Waals surface area contributed by atoms with Gasteiger partial charge >= 0.3 is 6.09 Å². The molecule has 1 aromatic carbocycles. The Kier molecular flexibility index (Phi) is 10.0. The van der Waals surface area contributed by atoms with Crippen molar-refractivity contribution in [3.05, 3.63) is 35.4 Å². The zero-order valence-electron chi connectivity index (χ0n) is 19.7. The van der Waals surface area contributed by atoms with E-state index in [1.54, 1.807) is 4.90 Å². The summed E-state index contributed by atoms with van der Waals surface area (Å²) < 4.78 is 11.0. The number of hydrogen-bond donors (Lipinski definition) is 1. The maximum atomic E-state index is 12.3. The Morgan fingerprint density at radius 2 is 1.62 bits per heavy atom. The first kappa shape index (κ1) is 26.7. The molecule has 1 unspecified atom stereocenters. The molecule has 2 heterocycles. The Hall–Kier alpha value is -1.59. The fraction of sp³-hybridized carbons (Fsp3) is 0.652. The van der Waals surface area contributed by atoms with E-state index >= 15 is 0 Å². The Bertz CT molecular complexity index is 752. The number of carbonyl (C=O) groups excluding carboxylic acids is 1. The predicted octanol–water partition coefficient (Wildman–Crippen LogP) is 2.85. The van der Waals surface area contributed by atoms with E-state index in [-0.39, 0.29) is 36.1 Å². The van der Waals surface area contributed by atoms with E-state index in [0.717, 1.165) is 26.3 Å². The second-order valence-electron chi connectivity index (χ2n) is 9.23. The Balaban J connectivity index is 0.00000363. The lowest BCUT2D eigenvalue weighted by Crippen LogP contribution is -2.53. The highest BCUT2D eigenvalue weighted by atomic mass is 127. The van der Waals surface area contributed by atoms with Crippen LogP contribution in [0.2, 0.25) is 0 Å². The highest BCUT2D eigenvalue weighted by molar-refractivity contribution is 14.0. The number of hydrogen-bond acceptors (Lipinski definition) is 5. The van der Waals surface area contributed by atoms with Crippen LogP contribution in [0, 0.1) is 6.92 Å². The summed E-state index contributed by atoms with van der Waals surface area (Å²) in [6.07, 6.45) is -0.269. The van der Waals surface area contributed by atoms with Crippen molar-refractivity contribution in [1.29, 1.82) is 0 Å². The van der Waals surface area contributed by atoms with E-state index in [4.69, 9.17) is 20.2 Å². The van der Waals surface area contributed by atoms with Gasteiger partial charge in [-0.2, -0.15) is 0 Å². The summed E-state index contributed by atoms with van der Waals surface area (Å²) in [5.41, 5.74) is 8.36. The quantitative estimate of drug-likeness (QED) is 0.347. The van der Waals surface area contributed by atoms with Gasteiger partial charge in [0.25, 0.3) is 0 Å². The van der Waals surface area contributed by atoms with Gasteiger partial charge in [0.05, 0.1) is 25.8 Å². The molecule has 0 aliphatic carbocycles. The van der Waals surface area contributed by atoms with Crippen molar-refractivity contribution in [2.45, 2.75) is 39.3 Å². The van der Waals surface area contributed by atoms with Crippen LogP contribution in [0.3, 0.4) is 0 Å². The molecule has 2 N–H and O–H groups in total. The topological polar surface area (TPSA) is 83.6 Å². The largest absolute Gasteiger partial charge is 0.444 e. The number of aliphatic imine (C=N–C) groups is 1. The fourth-order valence-electron chi connectivity index (χ4n) is 3.83. The fourth-order valence-corrected chi connectivity index (χ4v) is 3.83. The first-order valence-electron chi connectivity index (χ1n) is 11.1. The molecular weight excluding hydrogens is 521 g/mol. The van der Waals surface area contributed by atoms with Crippen molar-refractivity contribution in [1.82, 2.24) is 14.7 Å². The van der Waals surface area contributed by atoms with Gasteiger partial charge in [0.2, 0.25) is 0 Å². The SMILES string of the molecule is Cc1ccc(C(CN=C(N)N2CCN(C(=O)OC(C)(C)C)CC2)N2CCOCC2)cc1.I. The summed E-state index contributed by atoms with van der Waals surface area (Å²) in [6, 6.07) is 8.82. The van der Waals surface area contributed by atoms with Crippen molar-refractivity contribution >= 4 is 36.0 Å². The maximum Gasteiger partial charge on any atom is 0.410 e. The molecule has 32 heavy (non-hydrogen) atoms. The molecular formula is C23H38IN5O3. The van der Waals surface area contributed by atoms with Crippen molar-refractivity contribution in [3.8, 4) is 0 Å². The second kappa shape index (κ2) is 12.0. The van der Waals surface area contributed by atoms with Crippen LogP contribution < -0.4 is 5.73 Å². The van der Waals surface area contributed by atoms with Crippen molar-refractivity contribution in [2.24, 2.45) is 10.7 Å². The molecule has 0 radical (unpaired) electrons. The number of halogens is 1. The molecule has 0 saturated carbocycles. The van der Waals surface area contributed by atoms with Gasteiger partial charge in [0, 0.05) is 39.3 Å². The van der Waals surface area contributed by atoms with E-state index in [2.05, 4.69) is 36.1 Å². The van der Waals surface area contributed by atoms with E-state index in [1.807, 2.05) is 25.7 Å². The third kappa shape index (κ3) is 7.77. The number of guanidine groups is 1. The minimum absolute atomic E-state index is 0. The first-order valence-corrected chi connectivity index (χ1v) is 11.1. The third-order valence-electron chi connectivity index (χ3n) is 5.63. The molecule has 2 saturated heterocycles. The van der Waals surface area contributed by atoms with E-state index < -0.39 is 5.60 Å². The number of morpholine rings is 1. The van der Waals surface area contributed by atoms with E-state index in [9.17, 15) is 4.79 Å². The highest BCUT2D eigenvalue weighted by Gasteiger charge is 2.27. The van der Waals surface area contributed by atoms with E-state index in [1.165, 1.54) is 11.1 Å². The Morgan fingerprint density at radius 3 is 2.19 bits per heavy atom. The predicted molar refractivity (Wildman–Crippen MR) is 138 cm³/mol. The van der Waals surface area contributed by atoms with Crippen LogP contribution in [0.5, 0.6) is 0 Å². The number of rotatable bonds is 4. The summed E-state index contributed by atoms with van der Waals surface area (Å²) in [6.45, 7) is 14.1. The third-order valence-corrected chi connectivity index (χ3v) is 5.63. The summed E-state index contributed by atoms with van der Waals surface area (Å²) in [7, 11) is 0. The molecule has 2 aliphatic rings. The maximum absolute atomic E-state index is 12.3. The minimum atomic E-state index is -0.487. The lowest BCUT2D eigenvalue weighted by molar-refractivity contribution is 0.0172. The molecule has 0 aromatic heterocycles. The van der Waals surface area contributed by atoms with Crippen LogP contribution in [0.4, 0.5) is 4.79 Å². The second-order valence-corrected chi connectivity index (χ2v) is 9.23. The average Bonchev–Trinajstić information content (AvgIpc) is 2.74. The Labute approximate surface area is 209 Å². The van der Waals surface area contributed by atoms with Crippen LogP contribution >= 0.6 is 24.0 Å². The van der Waals surface area contributed by atoms with Gasteiger partial charge in [0.15, 0.2) is 5.96 Å². The summed E-state index contributed by atoms with van der Waals surface area (Å²) >= 11 is 0. The molecule has 0 bridgehead atoms. The van der Waals surface area contributed by atoms with Crippen LogP contribution in [0.25, 0.3) is 0 Å². The standard InChI is InChI=1S/C23H37N5O3.HI/c1-18-5-7-19(8-6-18)20(26-13-15-30-16-14-26)17-25-21(24)27-9-11-28(12-10-27)22(29)31-23(2,3)4;/h5-8,20H,9-17H2,1-4H3,(H2,24,25);1H. The molecule has 3 rings (SSSR count). The average molecular weight is 559 g/mol. The number of nitrogens with zero attached hydrogens (tertiary/aromatic N) is 4. The van der Waals surface area contributed by atoms with Gasteiger partial charge in [-0.1, -0.05) is 29.8 Å².